The summed E-state index contributed by atoms with van der Waals surface area (Å²) in [6, 6.07) is 0. The number of carbonyl (C=O) groups is 1. The number of aliphatic hydroxyl groups is 7. The number of ether oxygens (including phenoxy) is 4. The zero-order chi connectivity index (χ0) is 31.0. The van der Waals surface area contributed by atoms with Gasteiger partial charge in [0.05, 0.1) is 6.61 Å². The Balaban J connectivity index is 0.00000924. The number of aliphatic hydroxyl groups excluding tert-OH is 7. The van der Waals surface area contributed by atoms with E-state index in [4.69, 9.17) is 18.9 Å². The molecule has 258 valence electrons. The monoisotopic (exact) mass is 650 g/mol. The molecule has 0 spiro atoms. The van der Waals surface area contributed by atoms with Crippen molar-refractivity contribution in [3.05, 3.63) is 0 Å². The Hall–Kier alpha value is 0.0300. The number of carbonyl (C=O) groups excluding carboxylic acids is 1. The Morgan fingerprint density at radius 3 is 1.66 bits per heavy atom. The van der Waals surface area contributed by atoms with Crippen molar-refractivity contribution in [3.8, 4) is 0 Å². The average Bonchev–Trinajstić information content (AvgIpc) is 3.23. The summed E-state index contributed by atoms with van der Waals surface area (Å²) in [5, 5.41) is 70.5. The second kappa shape index (κ2) is 24.2. The molecule has 2 aliphatic heterocycles. The number of rotatable bonds is 22. The van der Waals surface area contributed by atoms with Gasteiger partial charge in [-0.15, -0.1) is 0 Å². The molecule has 2 rings (SSSR count). The molecule has 2 fully saturated rings. The third kappa shape index (κ3) is 14.0. The number of hydrogen-bond acceptors (Lipinski definition) is 12. The van der Waals surface area contributed by atoms with Crippen LogP contribution in [0.5, 0.6) is 0 Å². The van der Waals surface area contributed by atoms with Crippen molar-refractivity contribution in [2.75, 3.05) is 19.8 Å². The van der Waals surface area contributed by atoms with E-state index in [1.807, 2.05) is 0 Å². The summed E-state index contributed by atoms with van der Waals surface area (Å²) in [4.78, 5) is 12.2. The molecular weight excluding hydrogens is 591 g/mol. The molecule has 0 aromatic carbocycles. The Morgan fingerprint density at radius 1 is 0.705 bits per heavy atom. The molecule has 0 radical (unpaired) electrons. The molecule has 0 aliphatic carbocycles. The zero-order valence-electron chi connectivity index (χ0n) is 25.7. The van der Waals surface area contributed by atoms with Crippen molar-refractivity contribution in [1.82, 2.24) is 0 Å². The van der Waals surface area contributed by atoms with Gasteiger partial charge in [-0.3, -0.25) is 4.79 Å². The molecule has 0 unspecified atom stereocenters. The van der Waals surface area contributed by atoms with Gasteiger partial charge in [0.15, 0.2) is 6.29 Å². The minimum atomic E-state index is -2.27. The maximum atomic E-state index is 12.2. The third-order valence-electron chi connectivity index (χ3n) is 8.28. The van der Waals surface area contributed by atoms with Gasteiger partial charge >= 0.3 is 35.5 Å². The summed E-state index contributed by atoms with van der Waals surface area (Å²) >= 11 is 0. The van der Waals surface area contributed by atoms with Gasteiger partial charge in [0, 0.05) is 6.42 Å². The van der Waals surface area contributed by atoms with E-state index < -0.39 is 80.6 Å². The van der Waals surface area contributed by atoms with E-state index in [2.05, 4.69) is 6.92 Å². The van der Waals surface area contributed by atoms with Crippen LogP contribution in [0, 0.1) is 0 Å². The molecule has 0 amide bonds. The summed E-state index contributed by atoms with van der Waals surface area (Å²) < 4.78 is 21.5. The first-order valence-electron chi connectivity index (χ1n) is 16.0. The van der Waals surface area contributed by atoms with Crippen LogP contribution < -0.4 is 0 Å². The SMILES string of the molecule is CCCCCCCCCCCCCCCCCC(=O)OC[C@H]1O[C@H](O[C@]2(CO)O[C@H](CO)[C@@H](O)[C@@H]2O)[C@H](O)[C@@H](O)[C@@H]1O.O.[NaH]. The fourth-order valence-electron chi connectivity index (χ4n) is 5.51. The van der Waals surface area contributed by atoms with Crippen LogP contribution in [0.4, 0.5) is 0 Å². The molecule has 2 aliphatic rings. The first-order valence-corrected chi connectivity index (χ1v) is 16.0. The molecule has 14 heteroatoms. The van der Waals surface area contributed by atoms with Crippen molar-refractivity contribution in [2.45, 2.75) is 164 Å². The van der Waals surface area contributed by atoms with Crippen LogP contribution in [0.15, 0.2) is 0 Å². The third-order valence-corrected chi connectivity index (χ3v) is 8.28. The van der Waals surface area contributed by atoms with Crippen molar-refractivity contribution in [2.24, 2.45) is 0 Å². The molecule has 0 bridgehead atoms. The molecule has 0 aromatic rings. The van der Waals surface area contributed by atoms with E-state index in [0.717, 1.165) is 19.3 Å². The number of unbranched alkanes of at least 4 members (excludes halogenated alkanes) is 14. The normalized spacial score (nSPS) is 31.7. The first-order chi connectivity index (χ1) is 20.2. The van der Waals surface area contributed by atoms with Crippen LogP contribution in [0.3, 0.4) is 0 Å². The van der Waals surface area contributed by atoms with Crippen LogP contribution >= 0.6 is 0 Å². The van der Waals surface area contributed by atoms with Gasteiger partial charge in [0.1, 0.15) is 55.9 Å². The average molecular weight is 651 g/mol. The van der Waals surface area contributed by atoms with Crippen molar-refractivity contribution in [1.29, 1.82) is 0 Å². The Bertz CT molecular complexity index is 735. The van der Waals surface area contributed by atoms with E-state index >= 15 is 0 Å². The quantitative estimate of drug-likeness (QED) is 0.0465. The van der Waals surface area contributed by atoms with E-state index in [-0.39, 0.29) is 41.5 Å². The summed E-state index contributed by atoms with van der Waals surface area (Å²) in [6.45, 7) is 0.146. The van der Waals surface area contributed by atoms with Crippen molar-refractivity contribution in [3.63, 3.8) is 0 Å². The predicted molar refractivity (Wildman–Crippen MR) is 163 cm³/mol. The molecule has 13 nitrogen and oxygen atoms in total. The van der Waals surface area contributed by atoms with Crippen molar-refractivity contribution >= 4 is 35.5 Å². The van der Waals surface area contributed by atoms with Crippen LogP contribution in [-0.4, -0.2) is 151 Å². The predicted octanol–water partition coefficient (Wildman–Crippen LogP) is -0.0564. The second-order valence-corrected chi connectivity index (χ2v) is 11.8. The van der Waals surface area contributed by atoms with Crippen LogP contribution in [0.2, 0.25) is 0 Å². The van der Waals surface area contributed by atoms with Gasteiger partial charge in [0.2, 0.25) is 5.79 Å². The van der Waals surface area contributed by atoms with Gasteiger partial charge in [-0.05, 0) is 6.42 Å². The molecule has 9 atom stereocenters. The minimum absolute atomic E-state index is 0. The second-order valence-electron chi connectivity index (χ2n) is 11.8. The van der Waals surface area contributed by atoms with Gasteiger partial charge in [-0.25, -0.2) is 0 Å². The summed E-state index contributed by atoms with van der Waals surface area (Å²) in [5.74, 6) is -2.76. The zero-order valence-corrected chi connectivity index (χ0v) is 25.7. The van der Waals surface area contributed by atoms with Crippen molar-refractivity contribution < 1.29 is 65.0 Å². The number of esters is 1. The van der Waals surface area contributed by atoms with Gasteiger partial charge < -0.3 is 60.2 Å². The van der Waals surface area contributed by atoms with E-state index in [9.17, 15) is 40.5 Å². The van der Waals surface area contributed by atoms with E-state index in [1.165, 1.54) is 70.6 Å². The van der Waals surface area contributed by atoms with Gasteiger partial charge in [0.25, 0.3) is 0 Å². The fraction of sp³-hybridized carbons (Fsp3) is 0.967. The van der Waals surface area contributed by atoms with Crippen LogP contribution in [0.25, 0.3) is 0 Å². The first kappa shape index (κ1) is 44.0. The fourth-order valence-corrected chi connectivity index (χ4v) is 5.51. The van der Waals surface area contributed by atoms with Crippen LogP contribution in [0.1, 0.15) is 110 Å². The maximum absolute atomic E-state index is 12.2. The summed E-state index contributed by atoms with van der Waals surface area (Å²) in [6.07, 6.45) is 5.52. The summed E-state index contributed by atoms with van der Waals surface area (Å²) in [5.41, 5.74) is 0. The van der Waals surface area contributed by atoms with Gasteiger partial charge in [-0.2, -0.15) is 0 Å². The Labute approximate surface area is 283 Å². The van der Waals surface area contributed by atoms with Gasteiger partial charge in [-0.1, -0.05) is 96.8 Å². The van der Waals surface area contributed by atoms with Crippen LogP contribution in [-0.2, 0) is 23.7 Å². The Morgan fingerprint density at radius 2 is 1.20 bits per heavy atom. The molecule has 2 heterocycles. The molecular formula is C30H59NaO13. The molecule has 0 aromatic heterocycles. The molecule has 2 saturated heterocycles. The van der Waals surface area contributed by atoms with E-state index in [0.29, 0.717) is 6.42 Å². The Kier molecular flexibility index (Phi) is 24.2. The standard InChI is InChI=1S/C30H56O12.Na.H2O.H/c1-2-3-4-5-6-7-8-9-10-11-12-13-14-15-16-17-23(33)39-19-22-24(34)26(36)27(37)29(40-22)42-30(20-32)28(38)25(35)21(18-31)41-30;;;/h21-22,24-29,31-32,34-38H,2-20H2,1H3;;1H2;/t21-,22-,24-,25-,26+,27-,28+,29-,30+;;;/m1.../s1. The molecule has 0 saturated carbocycles. The molecule has 9 N–H and O–H groups in total. The topological polar surface area (TPSA) is 227 Å². The van der Waals surface area contributed by atoms with E-state index in [1.54, 1.807) is 0 Å². The number of hydrogen-bond donors (Lipinski definition) is 7. The summed E-state index contributed by atoms with van der Waals surface area (Å²) in [7, 11) is 0. The molecule has 44 heavy (non-hydrogen) atoms.